The molecule has 0 aromatic heterocycles. The van der Waals surface area contributed by atoms with Crippen LogP contribution in [0.5, 0.6) is 0 Å². The van der Waals surface area contributed by atoms with Gasteiger partial charge in [0.1, 0.15) is 0 Å². The number of piperidine rings is 1. The van der Waals surface area contributed by atoms with Crippen LogP contribution in [0, 0.1) is 5.92 Å². The van der Waals surface area contributed by atoms with Crippen molar-refractivity contribution in [1.29, 1.82) is 0 Å². The van der Waals surface area contributed by atoms with Gasteiger partial charge in [-0.05, 0) is 49.3 Å². The van der Waals surface area contributed by atoms with Gasteiger partial charge in [0.05, 0.1) is 5.92 Å². The minimum Gasteiger partial charge on any atom is -0.481 e. The van der Waals surface area contributed by atoms with Crippen molar-refractivity contribution in [1.82, 2.24) is 4.90 Å². The van der Waals surface area contributed by atoms with Crippen molar-refractivity contribution in [3.63, 3.8) is 0 Å². The molecule has 2 aliphatic rings. The smallest absolute Gasteiger partial charge is 0.307 e. The number of hydrogen-bond acceptors (Lipinski definition) is 2. The van der Waals surface area contributed by atoms with Crippen LogP contribution in [0.15, 0.2) is 24.3 Å². The van der Waals surface area contributed by atoms with E-state index in [1.54, 1.807) is 0 Å². The van der Waals surface area contributed by atoms with Crippen LogP contribution in [0.2, 0.25) is 0 Å². The summed E-state index contributed by atoms with van der Waals surface area (Å²) in [6.45, 7) is 2.65. The lowest BCUT2D eigenvalue weighted by atomic mass is 9.96. The standard InChI is InChI=1S/C16H21NO2/c18-16(19)14-5-3-9-17(11-14)10-13-4-1-2-6-15(13)12-7-8-12/h1-2,4,6,12,14H,3,5,7-11H2,(H,18,19). The zero-order valence-electron chi connectivity index (χ0n) is 11.2. The van der Waals surface area contributed by atoms with E-state index in [-0.39, 0.29) is 5.92 Å². The van der Waals surface area contributed by atoms with Crippen LogP contribution < -0.4 is 0 Å². The SMILES string of the molecule is O=C(O)C1CCCN(Cc2ccccc2C2CC2)C1. The average Bonchev–Trinajstić information content (AvgIpc) is 3.24. The Bertz CT molecular complexity index is 468. The Hall–Kier alpha value is -1.35. The molecule has 1 saturated heterocycles. The Morgan fingerprint density at radius 2 is 2.05 bits per heavy atom. The molecular weight excluding hydrogens is 238 g/mol. The number of benzene rings is 1. The van der Waals surface area contributed by atoms with Gasteiger partial charge in [0, 0.05) is 13.1 Å². The summed E-state index contributed by atoms with van der Waals surface area (Å²) in [5.74, 6) is -0.0572. The Morgan fingerprint density at radius 1 is 1.26 bits per heavy atom. The van der Waals surface area contributed by atoms with Crippen LogP contribution in [0.1, 0.15) is 42.7 Å². The van der Waals surface area contributed by atoms with Gasteiger partial charge < -0.3 is 5.11 Å². The highest BCUT2D eigenvalue weighted by molar-refractivity contribution is 5.70. The first-order chi connectivity index (χ1) is 9.24. The molecule has 1 atom stereocenters. The maximum atomic E-state index is 11.1. The first kappa shape index (κ1) is 12.7. The van der Waals surface area contributed by atoms with Gasteiger partial charge in [-0.2, -0.15) is 0 Å². The van der Waals surface area contributed by atoms with Crippen molar-refractivity contribution in [2.45, 2.75) is 38.1 Å². The second-order valence-corrected chi connectivity index (χ2v) is 5.89. The highest BCUT2D eigenvalue weighted by atomic mass is 16.4. The van der Waals surface area contributed by atoms with Gasteiger partial charge in [-0.1, -0.05) is 24.3 Å². The third-order valence-electron chi connectivity index (χ3n) is 4.32. The number of aliphatic carboxylic acids is 1. The zero-order valence-corrected chi connectivity index (χ0v) is 11.2. The summed E-state index contributed by atoms with van der Waals surface area (Å²) in [6.07, 6.45) is 4.46. The van der Waals surface area contributed by atoms with Crippen molar-refractivity contribution in [2.24, 2.45) is 5.92 Å². The summed E-state index contributed by atoms with van der Waals surface area (Å²) in [4.78, 5) is 13.4. The average molecular weight is 259 g/mol. The van der Waals surface area contributed by atoms with Crippen molar-refractivity contribution >= 4 is 5.97 Å². The monoisotopic (exact) mass is 259 g/mol. The molecule has 1 saturated carbocycles. The highest BCUT2D eigenvalue weighted by Crippen LogP contribution is 2.41. The van der Waals surface area contributed by atoms with E-state index in [0.29, 0.717) is 6.54 Å². The molecule has 3 nitrogen and oxygen atoms in total. The van der Waals surface area contributed by atoms with E-state index >= 15 is 0 Å². The molecule has 3 heteroatoms. The minimum absolute atomic E-state index is 0.179. The van der Waals surface area contributed by atoms with Crippen LogP contribution in [-0.4, -0.2) is 29.1 Å². The molecular formula is C16H21NO2. The first-order valence-electron chi connectivity index (χ1n) is 7.27. The van der Waals surface area contributed by atoms with Gasteiger partial charge in [-0.15, -0.1) is 0 Å². The topological polar surface area (TPSA) is 40.5 Å². The molecule has 2 fully saturated rings. The Kier molecular flexibility index (Phi) is 3.56. The van der Waals surface area contributed by atoms with Gasteiger partial charge in [0.15, 0.2) is 0 Å². The second-order valence-electron chi connectivity index (χ2n) is 5.89. The van der Waals surface area contributed by atoms with Crippen molar-refractivity contribution in [2.75, 3.05) is 13.1 Å². The van der Waals surface area contributed by atoms with Gasteiger partial charge in [-0.25, -0.2) is 0 Å². The largest absolute Gasteiger partial charge is 0.481 e. The lowest BCUT2D eigenvalue weighted by Gasteiger charge is -2.31. The Morgan fingerprint density at radius 3 is 2.79 bits per heavy atom. The summed E-state index contributed by atoms with van der Waals surface area (Å²) < 4.78 is 0. The summed E-state index contributed by atoms with van der Waals surface area (Å²) in [5.41, 5.74) is 2.89. The van der Waals surface area contributed by atoms with E-state index in [4.69, 9.17) is 5.11 Å². The fourth-order valence-corrected chi connectivity index (χ4v) is 3.11. The molecule has 1 N–H and O–H groups in total. The fourth-order valence-electron chi connectivity index (χ4n) is 3.11. The minimum atomic E-state index is -0.639. The fraction of sp³-hybridized carbons (Fsp3) is 0.562. The van der Waals surface area contributed by atoms with Gasteiger partial charge >= 0.3 is 5.97 Å². The molecule has 1 unspecified atom stereocenters. The maximum Gasteiger partial charge on any atom is 0.307 e. The number of carboxylic acid groups (broad SMARTS) is 1. The van der Waals surface area contributed by atoms with Gasteiger partial charge in [-0.3, -0.25) is 9.69 Å². The van der Waals surface area contributed by atoms with Crippen molar-refractivity contribution < 1.29 is 9.90 Å². The lowest BCUT2D eigenvalue weighted by molar-refractivity contribution is -0.143. The van der Waals surface area contributed by atoms with E-state index in [1.807, 2.05) is 0 Å². The van der Waals surface area contributed by atoms with Crippen molar-refractivity contribution in [3.8, 4) is 0 Å². The number of rotatable bonds is 4. The molecule has 0 radical (unpaired) electrons. The molecule has 3 rings (SSSR count). The van der Waals surface area contributed by atoms with Crippen molar-refractivity contribution in [3.05, 3.63) is 35.4 Å². The molecule has 1 heterocycles. The Balaban J connectivity index is 1.69. The zero-order chi connectivity index (χ0) is 13.2. The van der Waals surface area contributed by atoms with E-state index in [0.717, 1.165) is 31.8 Å². The summed E-state index contributed by atoms with van der Waals surface area (Å²) in [6, 6.07) is 8.66. The molecule has 1 aromatic carbocycles. The highest BCUT2D eigenvalue weighted by Gasteiger charge is 2.28. The van der Waals surface area contributed by atoms with E-state index in [2.05, 4.69) is 29.2 Å². The van der Waals surface area contributed by atoms with E-state index < -0.39 is 5.97 Å². The molecule has 0 spiro atoms. The van der Waals surface area contributed by atoms with Gasteiger partial charge in [0.2, 0.25) is 0 Å². The van der Waals surface area contributed by atoms with Crippen LogP contribution in [0.25, 0.3) is 0 Å². The predicted molar refractivity (Wildman–Crippen MR) is 74.1 cm³/mol. The third-order valence-corrected chi connectivity index (χ3v) is 4.32. The van der Waals surface area contributed by atoms with Crippen LogP contribution in [-0.2, 0) is 11.3 Å². The number of carbonyl (C=O) groups is 1. The summed E-state index contributed by atoms with van der Waals surface area (Å²) in [5, 5.41) is 9.15. The molecule has 1 aliphatic carbocycles. The van der Waals surface area contributed by atoms with Crippen LogP contribution in [0.4, 0.5) is 0 Å². The van der Waals surface area contributed by atoms with Crippen LogP contribution >= 0.6 is 0 Å². The molecule has 0 amide bonds. The molecule has 102 valence electrons. The third kappa shape index (κ3) is 2.98. The molecule has 19 heavy (non-hydrogen) atoms. The Labute approximate surface area is 114 Å². The number of carboxylic acids is 1. The normalized spacial score (nSPS) is 24.3. The first-order valence-corrected chi connectivity index (χ1v) is 7.27. The van der Waals surface area contributed by atoms with E-state index in [1.165, 1.54) is 24.0 Å². The van der Waals surface area contributed by atoms with Crippen LogP contribution in [0.3, 0.4) is 0 Å². The van der Waals surface area contributed by atoms with Gasteiger partial charge in [0.25, 0.3) is 0 Å². The quantitative estimate of drug-likeness (QED) is 0.904. The molecule has 0 bridgehead atoms. The predicted octanol–water partition coefficient (Wildman–Crippen LogP) is 2.86. The second kappa shape index (κ2) is 5.33. The lowest BCUT2D eigenvalue weighted by Crippen LogP contribution is -2.38. The molecule has 1 aromatic rings. The number of likely N-dealkylation sites (tertiary alicyclic amines) is 1. The summed E-state index contributed by atoms with van der Waals surface area (Å²) >= 11 is 0. The number of nitrogens with zero attached hydrogens (tertiary/aromatic N) is 1. The summed E-state index contributed by atoms with van der Waals surface area (Å²) in [7, 11) is 0. The van der Waals surface area contributed by atoms with E-state index in [9.17, 15) is 4.79 Å². The molecule has 1 aliphatic heterocycles. The maximum absolute atomic E-state index is 11.1. The number of hydrogen-bond donors (Lipinski definition) is 1.